The standard InChI is InChI=1S/C7H18N2O/c1-3-9(4-2)8-6-5-7-10/h8,10H,3-7H2,1-2H3. The van der Waals surface area contributed by atoms with Gasteiger partial charge in [0.15, 0.2) is 0 Å². The molecular weight excluding hydrogens is 128 g/mol. The molecule has 0 spiro atoms. The molecular formula is C7H18N2O. The minimum absolute atomic E-state index is 0.272. The molecule has 0 aliphatic rings. The van der Waals surface area contributed by atoms with Crippen LogP contribution in [0.15, 0.2) is 0 Å². The first-order chi connectivity index (χ1) is 4.85. The predicted molar refractivity (Wildman–Crippen MR) is 42.6 cm³/mol. The molecule has 0 unspecified atom stereocenters. The molecule has 0 fully saturated rings. The minimum Gasteiger partial charge on any atom is -0.396 e. The van der Waals surface area contributed by atoms with Gasteiger partial charge >= 0.3 is 0 Å². The van der Waals surface area contributed by atoms with Gasteiger partial charge in [-0.3, -0.25) is 5.43 Å². The molecule has 0 aromatic carbocycles. The highest BCUT2D eigenvalue weighted by molar-refractivity contribution is 4.45. The van der Waals surface area contributed by atoms with Crippen molar-refractivity contribution in [2.24, 2.45) is 0 Å². The van der Waals surface area contributed by atoms with E-state index in [1.54, 1.807) is 0 Å². The minimum atomic E-state index is 0.272. The summed E-state index contributed by atoms with van der Waals surface area (Å²) in [5.74, 6) is 0. The zero-order valence-corrected chi connectivity index (χ0v) is 6.93. The summed E-state index contributed by atoms with van der Waals surface area (Å²) >= 11 is 0. The maximum atomic E-state index is 8.47. The summed E-state index contributed by atoms with van der Waals surface area (Å²) in [4.78, 5) is 0. The fourth-order valence-electron chi connectivity index (χ4n) is 0.763. The molecule has 0 heterocycles. The van der Waals surface area contributed by atoms with Gasteiger partial charge in [-0.25, -0.2) is 5.01 Å². The van der Waals surface area contributed by atoms with Crippen molar-refractivity contribution in [3.63, 3.8) is 0 Å². The van der Waals surface area contributed by atoms with Gasteiger partial charge in [-0.05, 0) is 6.42 Å². The molecule has 0 radical (unpaired) electrons. The lowest BCUT2D eigenvalue weighted by atomic mass is 10.5. The molecule has 0 aliphatic heterocycles. The van der Waals surface area contributed by atoms with Gasteiger partial charge in [0, 0.05) is 26.2 Å². The van der Waals surface area contributed by atoms with Gasteiger partial charge in [0.05, 0.1) is 0 Å². The maximum Gasteiger partial charge on any atom is 0.0443 e. The van der Waals surface area contributed by atoms with Crippen LogP contribution < -0.4 is 5.43 Å². The average Bonchev–Trinajstić information content (AvgIpc) is 1.99. The summed E-state index contributed by atoms with van der Waals surface area (Å²) in [6.07, 6.45) is 0.830. The number of nitrogens with zero attached hydrogens (tertiary/aromatic N) is 1. The zero-order chi connectivity index (χ0) is 7.82. The zero-order valence-electron chi connectivity index (χ0n) is 6.93. The SMILES string of the molecule is CCN(CC)NCCCO. The maximum absolute atomic E-state index is 8.47. The van der Waals surface area contributed by atoms with Crippen molar-refractivity contribution in [3.05, 3.63) is 0 Å². The van der Waals surface area contributed by atoms with Gasteiger partial charge < -0.3 is 5.11 Å². The van der Waals surface area contributed by atoms with Gasteiger partial charge in [0.1, 0.15) is 0 Å². The van der Waals surface area contributed by atoms with Crippen LogP contribution in [0.1, 0.15) is 20.3 Å². The van der Waals surface area contributed by atoms with E-state index in [4.69, 9.17) is 5.11 Å². The lowest BCUT2D eigenvalue weighted by molar-refractivity contribution is 0.194. The molecule has 0 saturated carbocycles. The highest BCUT2D eigenvalue weighted by Crippen LogP contribution is 1.80. The second-order valence-electron chi connectivity index (χ2n) is 2.16. The Hall–Kier alpha value is -0.120. The van der Waals surface area contributed by atoms with Crippen LogP contribution in [0.2, 0.25) is 0 Å². The second-order valence-corrected chi connectivity index (χ2v) is 2.16. The Morgan fingerprint density at radius 1 is 1.30 bits per heavy atom. The number of rotatable bonds is 6. The van der Waals surface area contributed by atoms with E-state index < -0.39 is 0 Å². The first-order valence-electron chi connectivity index (χ1n) is 3.94. The molecule has 62 valence electrons. The Kier molecular flexibility index (Phi) is 6.91. The van der Waals surface area contributed by atoms with Crippen molar-refractivity contribution < 1.29 is 5.11 Å². The van der Waals surface area contributed by atoms with Crippen LogP contribution in [0, 0.1) is 0 Å². The number of hydrazine groups is 1. The number of hydrogen-bond acceptors (Lipinski definition) is 3. The van der Waals surface area contributed by atoms with E-state index in [1.807, 2.05) is 0 Å². The molecule has 2 N–H and O–H groups in total. The van der Waals surface area contributed by atoms with E-state index in [9.17, 15) is 0 Å². The van der Waals surface area contributed by atoms with Gasteiger partial charge in [-0.15, -0.1) is 0 Å². The monoisotopic (exact) mass is 146 g/mol. The Morgan fingerprint density at radius 3 is 2.30 bits per heavy atom. The third kappa shape index (κ3) is 4.73. The molecule has 0 aromatic heterocycles. The highest BCUT2D eigenvalue weighted by Gasteiger charge is 1.94. The topological polar surface area (TPSA) is 35.5 Å². The third-order valence-electron chi connectivity index (χ3n) is 1.43. The first kappa shape index (κ1) is 9.88. The van der Waals surface area contributed by atoms with Crippen LogP contribution in [0.3, 0.4) is 0 Å². The van der Waals surface area contributed by atoms with Crippen LogP contribution in [-0.4, -0.2) is 36.4 Å². The van der Waals surface area contributed by atoms with Gasteiger partial charge in [0.2, 0.25) is 0 Å². The van der Waals surface area contributed by atoms with Crippen molar-refractivity contribution in [3.8, 4) is 0 Å². The Balaban J connectivity index is 3.09. The summed E-state index contributed by atoms with van der Waals surface area (Å²) < 4.78 is 0. The third-order valence-corrected chi connectivity index (χ3v) is 1.43. The fraction of sp³-hybridized carbons (Fsp3) is 1.00. The number of aliphatic hydroxyl groups is 1. The van der Waals surface area contributed by atoms with Crippen molar-refractivity contribution in [2.45, 2.75) is 20.3 Å². The quantitative estimate of drug-likeness (QED) is 0.415. The summed E-state index contributed by atoms with van der Waals surface area (Å²) in [7, 11) is 0. The van der Waals surface area contributed by atoms with Gasteiger partial charge in [0.25, 0.3) is 0 Å². The summed E-state index contributed by atoms with van der Waals surface area (Å²) in [6.45, 7) is 7.39. The van der Waals surface area contributed by atoms with Crippen molar-refractivity contribution in [1.82, 2.24) is 10.4 Å². The Labute approximate surface area is 63.0 Å². The molecule has 0 amide bonds. The lowest BCUT2D eigenvalue weighted by Gasteiger charge is -2.18. The highest BCUT2D eigenvalue weighted by atomic mass is 16.3. The van der Waals surface area contributed by atoms with Gasteiger partial charge in [-0.2, -0.15) is 0 Å². The first-order valence-corrected chi connectivity index (χ1v) is 3.94. The normalized spacial score (nSPS) is 10.8. The Bertz CT molecular complexity index is 64.6. The molecule has 0 aliphatic carbocycles. The van der Waals surface area contributed by atoms with Crippen LogP contribution in [0.25, 0.3) is 0 Å². The molecule has 3 nitrogen and oxygen atoms in total. The number of hydrogen-bond donors (Lipinski definition) is 2. The van der Waals surface area contributed by atoms with Crippen molar-refractivity contribution in [2.75, 3.05) is 26.2 Å². The number of aliphatic hydroxyl groups excluding tert-OH is 1. The molecule has 10 heavy (non-hydrogen) atoms. The van der Waals surface area contributed by atoms with E-state index in [0.717, 1.165) is 26.1 Å². The van der Waals surface area contributed by atoms with Crippen LogP contribution >= 0.6 is 0 Å². The van der Waals surface area contributed by atoms with E-state index in [2.05, 4.69) is 24.3 Å². The summed E-state index contributed by atoms with van der Waals surface area (Å²) in [5.41, 5.74) is 3.19. The van der Waals surface area contributed by atoms with E-state index in [1.165, 1.54) is 0 Å². The van der Waals surface area contributed by atoms with Crippen LogP contribution in [0.4, 0.5) is 0 Å². The van der Waals surface area contributed by atoms with Gasteiger partial charge in [-0.1, -0.05) is 13.8 Å². The summed E-state index contributed by atoms with van der Waals surface area (Å²) in [5, 5.41) is 10.6. The molecule has 0 rings (SSSR count). The Morgan fingerprint density at radius 2 is 1.90 bits per heavy atom. The molecule has 3 heteroatoms. The predicted octanol–water partition coefficient (Wildman–Crippen LogP) is 0.215. The summed E-state index contributed by atoms with van der Waals surface area (Å²) in [6, 6.07) is 0. The van der Waals surface area contributed by atoms with Crippen LogP contribution in [0.5, 0.6) is 0 Å². The fourth-order valence-corrected chi connectivity index (χ4v) is 0.763. The lowest BCUT2D eigenvalue weighted by Crippen LogP contribution is -2.38. The average molecular weight is 146 g/mol. The van der Waals surface area contributed by atoms with Crippen LogP contribution in [-0.2, 0) is 0 Å². The largest absolute Gasteiger partial charge is 0.396 e. The smallest absolute Gasteiger partial charge is 0.0443 e. The second kappa shape index (κ2) is 6.99. The molecule has 0 bridgehead atoms. The number of nitrogens with one attached hydrogen (secondary N) is 1. The van der Waals surface area contributed by atoms with E-state index in [0.29, 0.717) is 0 Å². The van der Waals surface area contributed by atoms with Crippen molar-refractivity contribution >= 4 is 0 Å². The molecule has 0 aromatic rings. The molecule has 0 atom stereocenters. The van der Waals surface area contributed by atoms with E-state index >= 15 is 0 Å². The van der Waals surface area contributed by atoms with E-state index in [-0.39, 0.29) is 6.61 Å². The van der Waals surface area contributed by atoms with Crippen molar-refractivity contribution in [1.29, 1.82) is 0 Å². The molecule has 0 saturated heterocycles.